The molecule has 0 bridgehead atoms. The van der Waals surface area contributed by atoms with Crippen molar-refractivity contribution in [3.05, 3.63) is 34.6 Å². The van der Waals surface area contributed by atoms with Gasteiger partial charge in [0.15, 0.2) is 0 Å². The van der Waals surface area contributed by atoms with Crippen molar-refractivity contribution in [3.8, 4) is 0 Å². The van der Waals surface area contributed by atoms with Crippen LogP contribution in [0.5, 0.6) is 0 Å². The maximum atomic E-state index is 12.9. The van der Waals surface area contributed by atoms with Crippen molar-refractivity contribution >= 4 is 29.7 Å². The Bertz CT molecular complexity index is 469. The molecule has 0 radical (unpaired) electrons. The third kappa shape index (κ3) is 8.05. The number of carboxylic acids is 1. The molecule has 0 saturated carbocycles. The molecule has 18 heavy (non-hydrogen) atoms. The number of rotatable bonds is 2. The third-order valence-corrected chi connectivity index (χ3v) is 1.63. The zero-order valence-electron chi connectivity index (χ0n) is 9.47. The third-order valence-electron chi connectivity index (χ3n) is 1.32. The van der Waals surface area contributed by atoms with Crippen LogP contribution in [0.25, 0.3) is 0 Å². The van der Waals surface area contributed by atoms with Gasteiger partial charge in [-0.1, -0.05) is 17.7 Å². The molecule has 0 fully saturated rings. The smallest absolute Gasteiger partial charge is 0.300 e. The number of hydrogen-bond acceptors (Lipinski definition) is 3. The predicted molar refractivity (Wildman–Crippen MR) is 68.1 cm³/mol. The topological polar surface area (TPSA) is 114 Å². The monoisotopic (exact) mass is 274 g/mol. The molecule has 0 amide bonds. The number of carboxylic acid groups (broad SMARTS) is 1. The van der Waals surface area contributed by atoms with E-state index in [1.54, 1.807) is 6.07 Å². The molecule has 98 valence electrons. The van der Waals surface area contributed by atoms with Gasteiger partial charge >= 0.3 is 0 Å². The van der Waals surface area contributed by atoms with Gasteiger partial charge in [0.25, 0.3) is 5.97 Å². The van der Waals surface area contributed by atoms with Gasteiger partial charge in [-0.3, -0.25) is 4.79 Å². The average molecular weight is 275 g/mol. The first-order chi connectivity index (χ1) is 8.32. The molecule has 6 nitrogen and oxygen atoms in total. The Morgan fingerprint density at radius 1 is 1.50 bits per heavy atom. The van der Waals surface area contributed by atoms with Gasteiger partial charge in [-0.2, -0.15) is 5.10 Å². The summed E-state index contributed by atoms with van der Waals surface area (Å²) in [5.41, 5.74) is 10.6. The van der Waals surface area contributed by atoms with Crippen molar-refractivity contribution in [2.45, 2.75) is 6.92 Å². The first kappa shape index (κ1) is 15.9. The van der Waals surface area contributed by atoms with E-state index >= 15 is 0 Å². The number of nitrogens with two attached hydrogens (primary N) is 2. The Balaban J connectivity index is 0.000000631. The van der Waals surface area contributed by atoms with Crippen molar-refractivity contribution < 1.29 is 14.3 Å². The van der Waals surface area contributed by atoms with Crippen LogP contribution in [0.15, 0.2) is 28.4 Å². The van der Waals surface area contributed by atoms with Crippen molar-refractivity contribution in [3.63, 3.8) is 0 Å². The largest absolute Gasteiger partial charge is 0.481 e. The van der Waals surface area contributed by atoms with E-state index in [-0.39, 0.29) is 11.0 Å². The van der Waals surface area contributed by atoms with Crippen LogP contribution in [0.4, 0.5) is 4.39 Å². The summed E-state index contributed by atoms with van der Waals surface area (Å²) < 4.78 is 12.9. The second kappa shape index (κ2) is 8.02. The van der Waals surface area contributed by atoms with Crippen LogP contribution in [0.2, 0.25) is 5.02 Å². The molecule has 0 aliphatic rings. The summed E-state index contributed by atoms with van der Waals surface area (Å²) in [6, 6.07) is 4.25. The van der Waals surface area contributed by atoms with Crippen LogP contribution in [-0.4, -0.2) is 23.2 Å². The quantitative estimate of drug-likeness (QED) is 0.427. The van der Waals surface area contributed by atoms with Crippen molar-refractivity contribution in [2.75, 3.05) is 0 Å². The standard InChI is InChI=1S/C8H8ClFN4.C2H4O2/c9-6-2-1-5(3-7(6)10)4-13-14-8(11)12;1-2(3)4/h1-4H,(H4,11,12,14);1H3,(H,3,4). The summed E-state index contributed by atoms with van der Waals surface area (Å²) in [6.07, 6.45) is 1.32. The highest BCUT2D eigenvalue weighted by Crippen LogP contribution is 2.14. The number of benzene rings is 1. The van der Waals surface area contributed by atoms with E-state index < -0.39 is 11.8 Å². The maximum absolute atomic E-state index is 12.9. The van der Waals surface area contributed by atoms with Crippen LogP contribution in [0, 0.1) is 5.82 Å². The van der Waals surface area contributed by atoms with Gasteiger partial charge in [-0.05, 0) is 17.7 Å². The number of nitrogens with zero attached hydrogens (tertiary/aromatic N) is 2. The molecule has 0 aromatic heterocycles. The Kier molecular flexibility index (Phi) is 7.06. The van der Waals surface area contributed by atoms with Gasteiger partial charge in [0.05, 0.1) is 11.2 Å². The van der Waals surface area contributed by atoms with E-state index in [0.29, 0.717) is 5.56 Å². The van der Waals surface area contributed by atoms with Crippen LogP contribution in [0.3, 0.4) is 0 Å². The van der Waals surface area contributed by atoms with Crippen LogP contribution in [0.1, 0.15) is 12.5 Å². The first-order valence-corrected chi connectivity index (χ1v) is 4.97. The zero-order chi connectivity index (χ0) is 14.1. The Hall–Kier alpha value is -2.15. The van der Waals surface area contributed by atoms with E-state index in [0.717, 1.165) is 6.92 Å². The fourth-order valence-electron chi connectivity index (χ4n) is 0.755. The summed E-state index contributed by atoms with van der Waals surface area (Å²) in [4.78, 5) is 9.00. The summed E-state index contributed by atoms with van der Waals surface area (Å²) in [5, 5.41) is 14.3. The molecule has 1 aromatic rings. The average Bonchev–Trinajstić information content (AvgIpc) is 2.22. The van der Waals surface area contributed by atoms with Gasteiger partial charge < -0.3 is 16.6 Å². The van der Waals surface area contributed by atoms with Gasteiger partial charge in [0.1, 0.15) is 5.82 Å². The molecule has 0 aliphatic carbocycles. The molecule has 0 saturated heterocycles. The molecule has 1 rings (SSSR count). The van der Waals surface area contributed by atoms with Crippen LogP contribution in [-0.2, 0) is 4.79 Å². The molecule has 0 atom stereocenters. The summed E-state index contributed by atoms with van der Waals surface area (Å²) in [6.45, 7) is 1.08. The van der Waals surface area contributed by atoms with E-state index in [2.05, 4.69) is 10.2 Å². The lowest BCUT2D eigenvalue weighted by atomic mass is 10.2. The SMILES string of the molecule is CC(=O)O.NC(N)=NN=Cc1ccc(Cl)c(F)c1. The number of hydrogen-bond donors (Lipinski definition) is 3. The van der Waals surface area contributed by atoms with Crippen molar-refractivity contribution in [2.24, 2.45) is 21.7 Å². The molecular weight excluding hydrogens is 263 g/mol. The van der Waals surface area contributed by atoms with E-state index in [1.165, 1.54) is 18.3 Å². The minimum absolute atomic E-state index is 0.0593. The Morgan fingerprint density at radius 2 is 2.06 bits per heavy atom. The number of carbonyl (C=O) groups is 1. The fraction of sp³-hybridized carbons (Fsp3) is 0.100. The van der Waals surface area contributed by atoms with E-state index in [1.807, 2.05) is 0 Å². The molecule has 0 aliphatic heterocycles. The predicted octanol–water partition coefficient (Wildman–Crippen LogP) is 1.18. The number of halogens is 2. The van der Waals surface area contributed by atoms with Crippen molar-refractivity contribution in [1.82, 2.24) is 0 Å². The molecular formula is C10H12ClFN4O2. The fourth-order valence-corrected chi connectivity index (χ4v) is 0.872. The first-order valence-electron chi connectivity index (χ1n) is 4.59. The number of aliphatic carboxylic acids is 1. The lowest BCUT2D eigenvalue weighted by Crippen LogP contribution is -2.21. The minimum atomic E-state index is -0.833. The summed E-state index contributed by atoms with van der Waals surface area (Å²) >= 11 is 5.48. The van der Waals surface area contributed by atoms with E-state index in [4.69, 9.17) is 33.0 Å². The molecule has 0 heterocycles. The van der Waals surface area contributed by atoms with Gasteiger partial charge in [0, 0.05) is 6.92 Å². The highest BCUT2D eigenvalue weighted by atomic mass is 35.5. The maximum Gasteiger partial charge on any atom is 0.300 e. The Labute approximate surface area is 108 Å². The van der Waals surface area contributed by atoms with E-state index in [9.17, 15) is 4.39 Å². The van der Waals surface area contributed by atoms with Gasteiger partial charge in [-0.25, -0.2) is 4.39 Å². The Morgan fingerprint density at radius 3 is 2.50 bits per heavy atom. The second-order valence-corrected chi connectivity index (χ2v) is 3.37. The van der Waals surface area contributed by atoms with Crippen LogP contribution < -0.4 is 11.5 Å². The molecule has 0 spiro atoms. The second-order valence-electron chi connectivity index (χ2n) is 2.96. The van der Waals surface area contributed by atoms with Gasteiger partial charge in [0.2, 0.25) is 5.96 Å². The van der Waals surface area contributed by atoms with Crippen molar-refractivity contribution in [1.29, 1.82) is 0 Å². The highest BCUT2D eigenvalue weighted by Gasteiger charge is 1.98. The number of guanidine groups is 1. The van der Waals surface area contributed by atoms with Crippen LogP contribution >= 0.6 is 11.6 Å². The summed E-state index contributed by atoms with van der Waals surface area (Å²) in [7, 11) is 0. The molecule has 0 unspecified atom stereocenters. The lowest BCUT2D eigenvalue weighted by molar-refractivity contribution is -0.134. The van der Waals surface area contributed by atoms with Gasteiger partial charge in [-0.15, -0.1) is 5.10 Å². The molecule has 5 N–H and O–H groups in total. The highest BCUT2D eigenvalue weighted by molar-refractivity contribution is 6.30. The zero-order valence-corrected chi connectivity index (χ0v) is 10.2. The molecule has 1 aromatic carbocycles. The normalized spacial score (nSPS) is 9.50. The molecule has 8 heteroatoms. The minimum Gasteiger partial charge on any atom is -0.481 e. The summed E-state index contributed by atoms with van der Waals surface area (Å²) in [5.74, 6) is -1.50. The lowest BCUT2D eigenvalue weighted by Gasteiger charge is -1.94.